The zero-order chi connectivity index (χ0) is 23.1. The fourth-order valence-corrected chi connectivity index (χ4v) is 2.85. The molecule has 2 rings (SSSR count). The average Bonchev–Trinajstić information content (AvgIpc) is 2.68. The van der Waals surface area contributed by atoms with Gasteiger partial charge in [-0.1, -0.05) is 23.2 Å². The number of benzene rings is 2. The lowest BCUT2D eigenvalue weighted by Crippen LogP contribution is -2.10. The Morgan fingerprint density at radius 2 is 1.77 bits per heavy atom. The van der Waals surface area contributed by atoms with Crippen LogP contribution in [-0.2, 0) is 9.53 Å². The van der Waals surface area contributed by atoms with Gasteiger partial charge in [0.15, 0.2) is 5.69 Å². The summed E-state index contributed by atoms with van der Waals surface area (Å²) in [5.74, 6) is -0.402. The number of non-ortho nitro benzene ring substituents is 1. The fourth-order valence-electron chi connectivity index (χ4n) is 2.38. The molecule has 2 N–H and O–H groups in total. The molecule has 0 fully saturated rings. The summed E-state index contributed by atoms with van der Waals surface area (Å²) >= 11 is 12.2. The first-order chi connectivity index (χ1) is 14.6. The van der Waals surface area contributed by atoms with E-state index >= 15 is 0 Å². The minimum atomic E-state index is -0.863. The summed E-state index contributed by atoms with van der Waals surface area (Å²) in [6, 6.07) is 4.55. The highest BCUT2D eigenvalue weighted by Gasteiger charge is 2.24. The highest BCUT2D eigenvalue weighted by molar-refractivity contribution is 6.34. The Kier molecular flexibility index (Phi) is 8.19. The van der Waals surface area contributed by atoms with Gasteiger partial charge >= 0.3 is 5.69 Å². The number of nitrogens with zero attached hydrogens (tertiary/aromatic N) is 4. The van der Waals surface area contributed by atoms with Gasteiger partial charge in [-0.2, -0.15) is 0 Å². The van der Waals surface area contributed by atoms with Crippen LogP contribution in [-0.4, -0.2) is 36.0 Å². The van der Waals surface area contributed by atoms with Crippen LogP contribution in [0.25, 0.3) is 0 Å². The molecule has 0 spiro atoms. The number of nitro benzene ring substituents is 2. The lowest BCUT2D eigenvalue weighted by Gasteiger charge is -2.12. The van der Waals surface area contributed by atoms with Gasteiger partial charge in [-0.25, -0.2) is 0 Å². The zero-order valence-corrected chi connectivity index (χ0v) is 17.7. The largest absolute Gasteiger partial charge is 0.383 e. The molecule has 0 atom stereocenters. The van der Waals surface area contributed by atoms with E-state index in [1.807, 2.05) is 0 Å². The molecule has 0 unspecified atom stereocenters. The number of halogens is 2. The van der Waals surface area contributed by atoms with E-state index in [2.05, 4.69) is 20.9 Å². The molecule has 31 heavy (non-hydrogen) atoms. The Hall–Kier alpha value is -3.35. The van der Waals surface area contributed by atoms with Crippen LogP contribution in [0.3, 0.4) is 0 Å². The van der Waals surface area contributed by atoms with E-state index in [0.29, 0.717) is 18.8 Å². The van der Waals surface area contributed by atoms with E-state index in [0.717, 1.165) is 12.1 Å². The van der Waals surface area contributed by atoms with Gasteiger partial charge in [0.1, 0.15) is 5.69 Å². The van der Waals surface area contributed by atoms with Crippen LogP contribution in [0.1, 0.15) is 6.92 Å². The van der Waals surface area contributed by atoms with Crippen LogP contribution >= 0.6 is 23.2 Å². The zero-order valence-electron chi connectivity index (χ0n) is 16.2. The number of amides is 1. The Morgan fingerprint density at radius 3 is 2.35 bits per heavy atom. The highest BCUT2D eigenvalue weighted by Crippen LogP contribution is 2.41. The van der Waals surface area contributed by atoms with E-state index in [4.69, 9.17) is 27.9 Å². The number of carbonyl (C=O) groups is 1. The normalized spacial score (nSPS) is 10.8. The number of anilines is 2. The van der Waals surface area contributed by atoms with Crippen molar-refractivity contribution in [2.24, 2.45) is 10.2 Å². The number of hydrogen-bond acceptors (Lipinski definition) is 9. The number of nitrogens with one attached hydrogen (secondary N) is 2. The van der Waals surface area contributed by atoms with E-state index in [1.165, 1.54) is 26.2 Å². The van der Waals surface area contributed by atoms with Gasteiger partial charge in [0.2, 0.25) is 5.91 Å². The molecule has 0 aromatic heterocycles. The van der Waals surface area contributed by atoms with Gasteiger partial charge in [0, 0.05) is 26.6 Å². The molecule has 164 valence electrons. The van der Waals surface area contributed by atoms with Crippen molar-refractivity contribution in [3.8, 4) is 0 Å². The molecule has 0 saturated carbocycles. The van der Waals surface area contributed by atoms with Gasteiger partial charge in [0.25, 0.3) is 5.69 Å². The second-order valence-corrected chi connectivity index (χ2v) is 6.77. The number of rotatable bonds is 9. The first-order valence-electron chi connectivity index (χ1n) is 8.52. The van der Waals surface area contributed by atoms with Gasteiger partial charge in [0.05, 0.1) is 43.9 Å². The predicted molar refractivity (Wildman–Crippen MR) is 115 cm³/mol. The molecular weight excluding hydrogens is 455 g/mol. The van der Waals surface area contributed by atoms with Crippen molar-refractivity contribution in [3.05, 3.63) is 54.5 Å². The third-order valence-corrected chi connectivity index (χ3v) is 4.31. The van der Waals surface area contributed by atoms with E-state index in [-0.39, 0.29) is 27.1 Å². The topological polar surface area (TPSA) is 161 Å². The molecule has 12 nitrogen and oxygen atoms in total. The summed E-state index contributed by atoms with van der Waals surface area (Å²) in [7, 11) is 1.54. The monoisotopic (exact) mass is 470 g/mol. The number of carbonyl (C=O) groups excluding carboxylic acids is 1. The Bertz CT molecular complexity index is 1060. The minimum absolute atomic E-state index is 0.0845. The lowest BCUT2D eigenvalue weighted by atomic mass is 10.2. The summed E-state index contributed by atoms with van der Waals surface area (Å²) in [5, 5.41) is 35.5. The predicted octanol–water partition coefficient (Wildman–Crippen LogP) is 5.24. The maximum absolute atomic E-state index is 11.6. The Balaban J connectivity index is 2.51. The first kappa shape index (κ1) is 23.9. The van der Waals surface area contributed by atoms with Crippen molar-refractivity contribution in [3.63, 3.8) is 0 Å². The minimum Gasteiger partial charge on any atom is -0.383 e. The van der Waals surface area contributed by atoms with Gasteiger partial charge in [-0.15, -0.1) is 10.2 Å². The number of hydrogen-bond donors (Lipinski definition) is 2. The fraction of sp³-hybridized carbons (Fsp3) is 0.235. The van der Waals surface area contributed by atoms with Crippen LogP contribution in [0.15, 0.2) is 34.5 Å². The molecule has 0 radical (unpaired) electrons. The number of ether oxygens (including phenoxy) is 1. The van der Waals surface area contributed by atoms with Crippen LogP contribution in [0.4, 0.5) is 34.1 Å². The van der Waals surface area contributed by atoms with Crippen molar-refractivity contribution in [1.82, 2.24) is 0 Å². The molecule has 2 aromatic carbocycles. The maximum atomic E-state index is 11.6. The second kappa shape index (κ2) is 10.6. The first-order valence-corrected chi connectivity index (χ1v) is 9.27. The van der Waals surface area contributed by atoms with Crippen molar-refractivity contribution >= 4 is 63.2 Å². The highest BCUT2D eigenvalue weighted by atomic mass is 35.5. The molecule has 0 aliphatic rings. The quantitative estimate of drug-likeness (QED) is 0.219. The van der Waals surface area contributed by atoms with Crippen LogP contribution in [0, 0.1) is 20.2 Å². The summed E-state index contributed by atoms with van der Waals surface area (Å²) < 4.78 is 4.96. The summed E-state index contributed by atoms with van der Waals surface area (Å²) in [4.78, 5) is 32.1. The molecule has 0 aliphatic heterocycles. The van der Waals surface area contributed by atoms with Crippen molar-refractivity contribution in [2.75, 3.05) is 30.9 Å². The smallest absolute Gasteiger partial charge is 0.305 e. The van der Waals surface area contributed by atoms with Gasteiger partial charge in [-0.05, 0) is 12.1 Å². The third kappa shape index (κ3) is 6.31. The number of nitro groups is 2. The average molecular weight is 471 g/mol. The summed E-state index contributed by atoms with van der Waals surface area (Å²) in [5.41, 5.74) is -0.857. The van der Waals surface area contributed by atoms with Gasteiger partial charge < -0.3 is 15.4 Å². The number of methoxy groups -OCH3 is 1. The standard InChI is InChI=1S/C17H16Cl2N6O6/c1-9(26)21-14-8-13(20-3-4-31-2)11(18)7-15(14)22-23-17-12(19)5-10(24(27)28)6-16(17)25(29)30/h5-8,20H,3-4H2,1-2H3,(H,21,26). The van der Waals surface area contributed by atoms with Crippen molar-refractivity contribution in [2.45, 2.75) is 6.92 Å². The maximum Gasteiger partial charge on any atom is 0.305 e. The molecule has 0 bridgehead atoms. The van der Waals surface area contributed by atoms with E-state index in [1.54, 1.807) is 0 Å². The SMILES string of the molecule is COCCNc1cc(NC(C)=O)c(N=Nc2c(Cl)cc([N+](=O)[O-])cc2[N+](=O)[O-])cc1Cl. The van der Waals surface area contributed by atoms with Gasteiger partial charge in [-0.3, -0.25) is 25.0 Å². The number of azo groups is 1. The molecule has 2 aromatic rings. The summed E-state index contributed by atoms with van der Waals surface area (Å²) in [6.45, 7) is 2.14. The van der Waals surface area contributed by atoms with E-state index < -0.39 is 27.1 Å². The molecule has 14 heteroatoms. The van der Waals surface area contributed by atoms with Crippen LogP contribution < -0.4 is 10.6 Å². The van der Waals surface area contributed by atoms with E-state index in [9.17, 15) is 25.0 Å². The van der Waals surface area contributed by atoms with Crippen LogP contribution in [0.2, 0.25) is 10.0 Å². The summed E-state index contributed by atoms with van der Waals surface area (Å²) in [6.07, 6.45) is 0. The third-order valence-electron chi connectivity index (χ3n) is 3.71. The Labute approximate surface area is 185 Å². The van der Waals surface area contributed by atoms with Crippen molar-refractivity contribution < 1.29 is 19.4 Å². The van der Waals surface area contributed by atoms with Crippen molar-refractivity contribution in [1.29, 1.82) is 0 Å². The molecular formula is C17H16Cl2N6O6. The molecule has 1 amide bonds. The lowest BCUT2D eigenvalue weighted by molar-refractivity contribution is -0.393. The molecule has 0 aliphatic carbocycles. The second-order valence-electron chi connectivity index (χ2n) is 5.96. The molecule has 0 heterocycles. The van der Waals surface area contributed by atoms with Crippen LogP contribution in [0.5, 0.6) is 0 Å². The molecule has 0 saturated heterocycles. The Morgan fingerprint density at radius 1 is 1.06 bits per heavy atom.